The number of rotatable bonds is 13. The summed E-state index contributed by atoms with van der Waals surface area (Å²) in [5.74, 6) is 1.77. The Hall–Kier alpha value is -4.49. The second kappa shape index (κ2) is 13.9. The Balaban J connectivity index is 1.56. The number of nitrogens with zero attached hydrogens (tertiary/aromatic N) is 3. The molecular weight excluding hydrogens is 580 g/mol. The van der Waals surface area contributed by atoms with Crippen molar-refractivity contribution in [3.05, 3.63) is 60.0 Å². The highest BCUT2D eigenvalue weighted by molar-refractivity contribution is 7.99. The fraction of sp³-hybridized carbons (Fsp3) is 0.241. The summed E-state index contributed by atoms with van der Waals surface area (Å²) in [4.78, 5) is 25.7. The zero-order chi connectivity index (χ0) is 30.2. The topological polar surface area (TPSA) is 123 Å². The molecule has 42 heavy (non-hydrogen) atoms. The predicted molar refractivity (Wildman–Crippen MR) is 162 cm³/mol. The molecule has 0 radical (unpaired) electrons. The molecule has 0 atom stereocenters. The van der Waals surface area contributed by atoms with E-state index < -0.39 is 5.97 Å². The quantitative estimate of drug-likeness (QED) is 0.119. The van der Waals surface area contributed by atoms with E-state index >= 15 is 0 Å². The van der Waals surface area contributed by atoms with Crippen LogP contribution in [0.2, 0.25) is 0 Å². The first kappa shape index (κ1) is 30.5. The summed E-state index contributed by atoms with van der Waals surface area (Å²) in [5.41, 5.74) is 2.41. The van der Waals surface area contributed by atoms with Crippen LogP contribution in [0, 0.1) is 0 Å². The third kappa shape index (κ3) is 6.37. The monoisotopic (exact) mass is 610 g/mol. The number of carbonyl (C=O) groups is 2. The van der Waals surface area contributed by atoms with Crippen molar-refractivity contribution in [1.82, 2.24) is 14.8 Å². The molecule has 0 fully saturated rings. The lowest BCUT2D eigenvalue weighted by Gasteiger charge is -2.14. The van der Waals surface area contributed by atoms with Gasteiger partial charge >= 0.3 is 5.97 Å². The van der Waals surface area contributed by atoms with E-state index in [0.717, 1.165) is 5.56 Å². The number of benzene rings is 2. The van der Waals surface area contributed by atoms with Gasteiger partial charge in [0.05, 0.1) is 41.3 Å². The number of hydrogen-bond donors (Lipinski definition) is 1. The molecule has 4 rings (SSSR count). The SMILES string of the molecule is C=CCn1c(SCC(=O)Nc2scc(-c3ccc(OC)cc3)c2C(=O)OC)nnc1-c1cc(OC)c(OC)c(OC)c1. The van der Waals surface area contributed by atoms with Crippen LogP contribution in [-0.4, -0.2) is 67.9 Å². The van der Waals surface area contributed by atoms with Crippen LogP contribution in [0.5, 0.6) is 23.0 Å². The van der Waals surface area contributed by atoms with E-state index in [9.17, 15) is 9.59 Å². The van der Waals surface area contributed by atoms with E-state index in [1.54, 1.807) is 42.8 Å². The Labute approximate surface area is 251 Å². The van der Waals surface area contributed by atoms with Gasteiger partial charge in [0.25, 0.3) is 0 Å². The molecule has 0 aliphatic rings. The molecule has 2 aromatic carbocycles. The molecule has 1 amide bonds. The van der Waals surface area contributed by atoms with E-state index in [1.165, 1.54) is 51.5 Å². The van der Waals surface area contributed by atoms with Gasteiger partial charge < -0.3 is 29.0 Å². The molecule has 2 aromatic heterocycles. The molecule has 220 valence electrons. The fourth-order valence-electron chi connectivity index (χ4n) is 4.14. The average molecular weight is 611 g/mol. The molecule has 0 aliphatic heterocycles. The number of ether oxygens (including phenoxy) is 5. The minimum Gasteiger partial charge on any atom is -0.497 e. The number of amides is 1. The predicted octanol–water partition coefficient (Wildman–Crippen LogP) is 5.41. The van der Waals surface area contributed by atoms with E-state index in [0.29, 0.717) is 56.7 Å². The number of esters is 1. The van der Waals surface area contributed by atoms with E-state index in [-0.39, 0.29) is 17.2 Å². The summed E-state index contributed by atoms with van der Waals surface area (Å²) < 4.78 is 28.5. The first-order chi connectivity index (χ1) is 20.4. The normalized spacial score (nSPS) is 10.6. The number of thioether (sulfide) groups is 1. The molecule has 0 aliphatic carbocycles. The minimum atomic E-state index is -0.550. The van der Waals surface area contributed by atoms with Gasteiger partial charge in [-0.2, -0.15) is 0 Å². The number of anilines is 1. The first-order valence-electron chi connectivity index (χ1n) is 12.5. The third-order valence-corrected chi connectivity index (χ3v) is 7.98. The summed E-state index contributed by atoms with van der Waals surface area (Å²) in [6.07, 6.45) is 1.71. The highest BCUT2D eigenvalue weighted by Crippen LogP contribution is 2.41. The zero-order valence-electron chi connectivity index (χ0n) is 23.8. The van der Waals surface area contributed by atoms with E-state index in [2.05, 4.69) is 22.1 Å². The molecule has 4 aromatic rings. The molecule has 2 heterocycles. The van der Waals surface area contributed by atoms with Gasteiger partial charge in [-0.3, -0.25) is 9.36 Å². The first-order valence-corrected chi connectivity index (χ1v) is 14.4. The number of aromatic nitrogens is 3. The Morgan fingerprint density at radius 3 is 2.24 bits per heavy atom. The lowest BCUT2D eigenvalue weighted by Crippen LogP contribution is -2.16. The lowest BCUT2D eigenvalue weighted by atomic mass is 10.0. The maximum atomic E-state index is 13.0. The number of carbonyl (C=O) groups excluding carboxylic acids is 2. The standard InChI is InChI=1S/C29H30N4O7S2/c1-7-12-33-26(18-13-21(37-3)25(39-5)22(14-18)38-4)31-32-29(33)42-16-23(34)30-27-24(28(35)40-6)20(15-41-27)17-8-10-19(36-2)11-9-17/h7-11,13-15H,1,12,16H2,2-6H3,(H,30,34). The zero-order valence-corrected chi connectivity index (χ0v) is 25.4. The number of nitrogens with one attached hydrogen (secondary N) is 1. The number of allylic oxidation sites excluding steroid dienone is 1. The molecule has 0 saturated heterocycles. The summed E-state index contributed by atoms with van der Waals surface area (Å²) in [6, 6.07) is 10.8. The van der Waals surface area contributed by atoms with Crippen LogP contribution in [0.1, 0.15) is 10.4 Å². The van der Waals surface area contributed by atoms with Crippen molar-refractivity contribution in [3.63, 3.8) is 0 Å². The Morgan fingerprint density at radius 2 is 1.67 bits per heavy atom. The number of thiophene rings is 1. The summed E-state index contributed by atoms with van der Waals surface area (Å²) in [6.45, 7) is 4.24. The van der Waals surface area contributed by atoms with Gasteiger partial charge in [0.15, 0.2) is 22.5 Å². The second-order valence-electron chi connectivity index (χ2n) is 8.53. The van der Waals surface area contributed by atoms with Gasteiger partial charge in [0.2, 0.25) is 11.7 Å². The van der Waals surface area contributed by atoms with Crippen molar-refractivity contribution >= 4 is 40.0 Å². The van der Waals surface area contributed by atoms with Gasteiger partial charge in [0, 0.05) is 23.1 Å². The summed E-state index contributed by atoms with van der Waals surface area (Å²) >= 11 is 2.45. The van der Waals surface area contributed by atoms with Crippen molar-refractivity contribution in [1.29, 1.82) is 0 Å². The third-order valence-electron chi connectivity index (χ3n) is 6.12. The molecule has 11 nitrogen and oxygen atoms in total. The van der Waals surface area contributed by atoms with Crippen LogP contribution in [-0.2, 0) is 16.1 Å². The van der Waals surface area contributed by atoms with Gasteiger partial charge in [-0.1, -0.05) is 30.0 Å². The van der Waals surface area contributed by atoms with Gasteiger partial charge in [-0.15, -0.1) is 28.1 Å². The molecule has 0 saturated carbocycles. The van der Waals surface area contributed by atoms with E-state index in [4.69, 9.17) is 23.7 Å². The average Bonchev–Trinajstić information content (AvgIpc) is 3.63. The minimum absolute atomic E-state index is 0.0148. The molecule has 0 unspecified atom stereocenters. The van der Waals surface area contributed by atoms with Crippen molar-refractivity contribution in [2.75, 3.05) is 46.6 Å². The van der Waals surface area contributed by atoms with E-state index in [1.807, 2.05) is 16.7 Å². The van der Waals surface area contributed by atoms with Crippen molar-refractivity contribution in [2.24, 2.45) is 0 Å². The number of methoxy groups -OCH3 is 5. The summed E-state index contributed by atoms with van der Waals surface area (Å²) in [7, 11) is 7.49. The van der Waals surface area contributed by atoms with Crippen LogP contribution < -0.4 is 24.3 Å². The second-order valence-corrected chi connectivity index (χ2v) is 10.4. The van der Waals surface area contributed by atoms with Crippen LogP contribution in [0.3, 0.4) is 0 Å². The maximum Gasteiger partial charge on any atom is 0.341 e. The van der Waals surface area contributed by atoms with Crippen LogP contribution >= 0.6 is 23.1 Å². The Bertz CT molecular complexity index is 1560. The Kier molecular flexibility index (Phi) is 10.1. The maximum absolute atomic E-state index is 13.0. The molecule has 13 heteroatoms. The fourth-order valence-corrected chi connectivity index (χ4v) is 5.86. The molecule has 0 bridgehead atoms. The highest BCUT2D eigenvalue weighted by Gasteiger charge is 2.24. The smallest absolute Gasteiger partial charge is 0.341 e. The molecule has 1 N–H and O–H groups in total. The van der Waals surface area contributed by atoms with Crippen molar-refractivity contribution < 1.29 is 33.3 Å². The lowest BCUT2D eigenvalue weighted by molar-refractivity contribution is -0.113. The van der Waals surface area contributed by atoms with Crippen molar-refractivity contribution in [3.8, 4) is 45.5 Å². The van der Waals surface area contributed by atoms with Crippen LogP contribution in [0.25, 0.3) is 22.5 Å². The van der Waals surface area contributed by atoms with Gasteiger partial charge in [-0.25, -0.2) is 4.79 Å². The van der Waals surface area contributed by atoms with Gasteiger partial charge in [-0.05, 0) is 29.8 Å². The number of hydrogen-bond acceptors (Lipinski definition) is 11. The van der Waals surface area contributed by atoms with Crippen LogP contribution in [0.4, 0.5) is 5.00 Å². The Morgan fingerprint density at radius 1 is 0.976 bits per heavy atom. The highest BCUT2D eigenvalue weighted by atomic mass is 32.2. The summed E-state index contributed by atoms with van der Waals surface area (Å²) in [5, 5.41) is 14.2. The molecule has 0 spiro atoms. The molecular formula is C29H30N4O7S2. The van der Waals surface area contributed by atoms with Crippen molar-refractivity contribution in [2.45, 2.75) is 11.7 Å². The largest absolute Gasteiger partial charge is 0.497 e. The van der Waals surface area contributed by atoms with Gasteiger partial charge in [0.1, 0.15) is 16.3 Å². The van der Waals surface area contributed by atoms with Crippen LogP contribution in [0.15, 0.2) is 59.6 Å².